The Morgan fingerprint density at radius 2 is 1.62 bits per heavy atom. The summed E-state index contributed by atoms with van der Waals surface area (Å²) in [7, 11) is 0. The lowest BCUT2D eigenvalue weighted by Gasteiger charge is -2.07. The Hall–Kier alpha value is -2.88. The van der Waals surface area contributed by atoms with Crippen LogP contribution >= 0.6 is 0 Å². The minimum absolute atomic E-state index is 0.0980. The van der Waals surface area contributed by atoms with Crippen molar-refractivity contribution in [2.75, 3.05) is 5.32 Å². The molecule has 4 heteroatoms. The summed E-state index contributed by atoms with van der Waals surface area (Å²) in [6.07, 6.45) is 0. The summed E-state index contributed by atoms with van der Waals surface area (Å²) in [5.41, 5.74) is 1.54. The van der Waals surface area contributed by atoms with E-state index in [0.29, 0.717) is 11.4 Å². The predicted octanol–water partition coefficient (Wildman–Crippen LogP) is 3.62. The molecule has 1 amide bonds. The summed E-state index contributed by atoms with van der Waals surface area (Å²) >= 11 is 0. The first kappa shape index (κ1) is 13.1. The van der Waals surface area contributed by atoms with Crippen LogP contribution in [-0.4, -0.2) is 16.7 Å². The maximum absolute atomic E-state index is 12.2. The first-order valence-corrected chi connectivity index (χ1v) is 6.64. The monoisotopic (exact) mass is 278 g/mol. The lowest BCUT2D eigenvalue weighted by atomic mass is 10.1. The third kappa shape index (κ3) is 2.56. The molecule has 0 radical (unpaired) electrons. The van der Waals surface area contributed by atoms with Gasteiger partial charge in [0.2, 0.25) is 0 Å². The summed E-state index contributed by atoms with van der Waals surface area (Å²) in [4.78, 5) is 26.3. The molecule has 0 saturated heterocycles. The van der Waals surface area contributed by atoms with E-state index in [4.69, 9.17) is 0 Å². The standard InChI is InChI=1S/C17H14N2O2/c1-11(20)14-9-10-16(18-14)17(21)19-15-8-4-6-12-5-2-3-7-13(12)15/h2-10,18H,1H3,(H,19,21). The third-order valence-corrected chi connectivity index (χ3v) is 3.35. The molecule has 1 aromatic heterocycles. The van der Waals surface area contributed by atoms with Crippen LogP contribution in [0, 0.1) is 0 Å². The average Bonchev–Trinajstić information content (AvgIpc) is 2.98. The summed E-state index contributed by atoms with van der Waals surface area (Å²) < 4.78 is 0. The molecule has 0 spiro atoms. The Balaban J connectivity index is 1.91. The summed E-state index contributed by atoms with van der Waals surface area (Å²) in [6.45, 7) is 1.46. The number of Topliss-reactive ketones (excluding diaryl/α,β-unsaturated/α-hetero) is 1. The molecule has 0 aliphatic heterocycles. The Labute approximate surface area is 121 Å². The molecular weight excluding hydrogens is 264 g/mol. The number of H-pyrrole nitrogens is 1. The second-order valence-electron chi connectivity index (χ2n) is 4.82. The van der Waals surface area contributed by atoms with Crippen molar-refractivity contribution >= 4 is 28.2 Å². The maximum atomic E-state index is 12.2. The predicted molar refractivity (Wildman–Crippen MR) is 82.7 cm³/mol. The SMILES string of the molecule is CC(=O)c1ccc(C(=O)Nc2cccc3ccccc23)[nH]1. The number of ketones is 1. The molecule has 3 rings (SSSR count). The number of rotatable bonds is 3. The van der Waals surface area contributed by atoms with E-state index >= 15 is 0 Å². The van der Waals surface area contributed by atoms with Gasteiger partial charge in [0.25, 0.3) is 5.91 Å². The molecule has 21 heavy (non-hydrogen) atoms. The minimum Gasteiger partial charge on any atom is -0.348 e. The van der Waals surface area contributed by atoms with Crippen LogP contribution in [0.15, 0.2) is 54.6 Å². The Morgan fingerprint density at radius 3 is 2.38 bits per heavy atom. The van der Waals surface area contributed by atoms with Gasteiger partial charge in [0.15, 0.2) is 5.78 Å². The van der Waals surface area contributed by atoms with E-state index in [1.54, 1.807) is 12.1 Å². The minimum atomic E-state index is -0.265. The van der Waals surface area contributed by atoms with E-state index in [2.05, 4.69) is 10.3 Å². The number of amides is 1. The number of benzene rings is 2. The highest BCUT2D eigenvalue weighted by molar-refractivity contribution is 6.09. The zero-order valence-electron chi connectivity index (χ0n) is 11.5. The van der Waals surface area contributed by atoms with E-state index < -0.39 is 0 Å². The Bertz CT molecular complexity index is 828. The van der Waals surface area contributed by atoms with Crippen molar-refractivity contribution in [3.63, 3.8) is 0 Å². The van der Waals surface area contributed by atoms with Crippen molar-refractivity contribution < 1.29 is 9.59 Å². The molecule has 0 saturated carbocycles. The second kappa shape index (κ2) is 5.25. The fourth-order valence-corrected chi connectivity index (χ4v) is 2.26. The van der Waals surface area contributed by atoms with Crippen LogP contribution in [0.5, 0.6) is 0 Å². The van der Waals surface area contributed by atoms with Crippen molar-refractivity contribution in [3.8, 4) is 0 Å². The zero-order chi connectivity index (χ0) is 14.8. The van der Waals surface area contributed by atoms with Crippen molar-refractivity contribution in [1.29, 1.82) is 0 Å². The van der Waals surface area contributed by atoms with Crippen molar-refractivity contribution in [2.45, 2.75) is 6.92 Å². The van der Waals surface area contributed by atoms with Crippen LogP contribution in [0.2, 0.25) is 0 Å². The maximum Gasteiger partial charge on any atom is 0.272 e. The van der Waals surface area contributed by atoms with E-state index in [0.717, 1.165) is 16.5 Å². The highest BCUT2D eigenvalue weighted by Gasteiger charge is 2.11. The van der Waals surface area contributed by atoms with Crippen molar-refractivity contribution in [1.82, 2.24) is 4.98 Å². The summed E-state index contributed by atoms with van der Waals surface area (Å²) in [5, 5.41) is 4.91. The van der Waals surface area contributed by atoms with Crippen LogP contribution in [0.1, 0.15) is 27.9 Å². The number of hydrogen-bond acceptors (Lipinski definition) is 2. The second-order valence-corrected chi connectivity index (χ2v) is 4.82. The van der Waals surface area contributed by atoms with Crippen LogP contribution in [-0.2, 0) is 0 Å². The molecule has 4 nitrogen and oxygen atoms in total. The zero-order valence-corrected chi connectivity index (χ0v) is 11.5. The lowest BCUT2D eigenvalue weighted by Crippen LogP contribution is -2.13. The van der Waals surface area contributed by atoms with Crippen LogP contribution in [0.4, 0.5) is 5.69 Å². The molecular formula is C17H14N2O2. The molecule has 1 heterocycles. The molecule has 0 fully saturated rings. The summed E-state index contributed by atoms with van der Waals surface area (Å²) in [5.74, 6) is -0.363. The third-order valence-electron chi connectivity index (χ3n) is 3.35. The lowest BCUT2D eigenvalue weighted by molar-refractivity contribution is 0.101. The van der Waals surface area contributed by atoms with E-state index in [1.807, 2.05) is 42.5 Å². The van der Waals surface area contributed by atoms with Gasteiger partial charge in [-0.25, -0.2) is 0 Å². The van der Waals surface area contributed by atoms with Gasteiger partial charge in [-0.05, 0) is 23.6 Å². The van der Waals surface area contributed by atoms with Gasteiger partial charge in [0, 0.05) is 18.0 Å². The smallest absolute Gasteiger partial charge is 0.272 e. The van der Waals surface area contributed by atoms with Gasteiger partial charge < -0.3 is 10.3 Å². The van der Waals surface area contributed by atoms with Crippen LogP contribution in [0.3, 0.4) is 0 Å². The molecule has 0 aliphatic rings. The Kier molecular flexibility index (Phi) is 3.28. The number of aromatic amines is 1. The topological polar surface area (TPSA) is 62.0 Å². The number of hydrogen-bond donors (Lipinski definition) is 2. The largest absolute Gasteiger partial charge is 0.348 e. The van der Waals surface area contributed by atoms with Gasteiger partial charge in [-0.3, -0.25) is 9.59 Å². The average molecular weight is 278 g/mol. The number of fused-ring (bicyclic) bond motifs is 1. The first-order chi connectivity index (χ1) is 10.1. The molecule has 104 valence electrons. The molecule has 0 bridgehead atoms. The van der Waals surface area contributed by atoms with E-state index in [-0.39, 0.29) is 11.7 Å². The number of anilines is 1. The van der Waals surface area contributed by atoms with Gasteiger partial charge >= 0.3 is 0 Å². The Morgan fingerprint density at radius 1 is 0.905 bits per heavy atom. The molecule has 2 aromatic carbocycles. The number of carbonyl (C=O) groups excluding carboxylic acids is 2. The molecule has 0 atom stereocenters. The number of nitrogens with one attached hydrogen (secondary N) is 2. The van der Waals surface area contributed by atoms with Crippen LogP contribution < -0.4 is 5.32 Å². The quantitative estimate of drug-likeness (QED) is 0.719. The molecule has 0 unspecified atom stereocenters. The van der Waals surface area contributed by atoms with Crippen molar-refractivity contribution in [2.24, 2.45) is 0 Å². The van der Waals surface area contributed by atoms with Gasteiger partial charge in [-0.1, -0.05) is 36.4 Å². The molecule has 0 aliphatic carbocycles. The highest BCUT2D eigenvalue weighted by Crippen LogP contribution is 2.23. The van der Waals surface area contributed by atoms with Gasteiger partial charge in [0.1, 0.15) is 5.69 Å². The normalized spacial score (nSPS) is 10.5. The van der Waals surface area contributed by atoms with Gasteiger partial charge in [0.05, 0.1) is 5.69 Å². The number of aromatic nitrogens is 1. The van der Waals surface area contributed by atoms with E-state index in [1.165, 1.54) is 6.92 Å². The fourth-order valence-electron chi connectivity index (χ4n) is 2.26. The van der Waals surface area contributed by atoms with Crippen LogP contribution in [0.25, 0.3) is 10.8 Å². The first-order valence-electron chi connectivity index (χ1n) is 6.64. The molecule has 3 aromatic rings. The summed E-state index contributed by atoms with van der Waals surface area (Å²) in [6, 6.07) is 16.8. The van der Waals surface area contributed by atoms with Gasteiger partial charge in [-0.15, -0.1) is 0 Å². The van der Waals surface area contributed by atoms with E-state index in [9.17, 15) is 9.59 Å². The number of carbonyl (C=O) groups is 2. The fraction of sp³-hybridized carbons (Fsp3) is 0.0588. The van der Waals surface area contributed by atoms with Gasteiger partial charge in [-0.2, -0.15) is 0 Å². The highest BCUT2D eigenvalue weighted by atomic mass is 16.2. The molecule has 2 N–H and O–H groups in total. The van der Waals surface area contributed by atoms with Crippen molar-refractivity contribution in [3.05, 3.63) is 66.0 Å².